The van der Waals surface area contributed by atoms with Crippen LogP contribution in [0.3, 0.4) is 0 Å². The fourth-order valence-corrected chi connectivity index (χ4v) is 15.8. The second-order valence-corrected chi connectivity index (χ2v) is 35.5. The Bertz CT molecular complexity index is 4470. The number of benzene rings is 4. The molecule has 2 heterocycles. The first-order valence-electron chi connectivity index (χ1n) is 49.7. The summed E-state index contributed by atoms with van der Waals surface area (Å²) in [6.07, 6.45) is 15.7. The number of primary amides is 1. The van der Waals surface area contributed by atoms with Gasteiger partial charge in [-0.1, -0.05) is 195 Å². The lowest BCUT2D eigenvalue weighted by atomic mass is 9.92. The van der Waals surface area contributed by atoms with Crippen molar-refractivity contribution in [2.24, 2.45) is 11.7 Å². The minimum Gasteiger partial charge on any atom is -0.508 e. The van der Waals surface area contributed by atoms with Crippen molar-refractivity contribution >= 4 is 88.7 Å². The van der Waals surface area contributed by atoms with Crippen molar-refractivity contribution in [3.63, 3.8) is 0 Å². The van der Waals surface area contributed by atoms with E-state index in [1.807, 2.05) is 0 Å². The number of rotatable bonds is 76. The number of carboxylic acid groups (broad SMARTS) is 1. The van der Waals surface area contributed by atoms with E-state index in [2.05, 4.69) is 65.4 Å². The number of hydrogen-bond acceptors (Lipinski definition) is 26. The Morgan fingerprint density at radius 1 is 0.387 bits per heavy atom. The third-order valence-electron chi connectivity index (χ3n) is 23.6. The van der Waals surface area contributed by atoms with Crippen molar-refractivity contribution in [1.29, 1.82) is 0 Å². The fourth-order valence-electron chi connectivity index (χ4n) is 15.8. The van der Waals surface area contributed by atoms with Crippen LogP contribution in [-0.2, 0) is 142 Å². The molecular weight excluding hydrogens is 1840 g/mol. The van der Waals surface area contributed by atoms with E-state index in [9.17, 15) is 92.3 Å². The topological polar surface area (TPSA) is 576 Å². The van der Waals surface area contributed by atoms with Crippen LogP contribution in [0, 0.1) is 5.92 Å². The Morgan fingerprint density at radius 3 is 1.30 bits per heavy atom. The van der Waals surface area contributed by atoms with E-state index >= 15 is 0 Å². The third-order valence-corrected chi connectivity index (χ3v) is 23.6. The normalized spacial score (nSPS) is 15.0. The lowest BCUT2D eigenvalue weighted by molar-refractivity contribution is -0.147. The molecule has 0 aromatic heterocycles. The minimum atomic E-state index is -1.82. The summed E-state index contributed by atoms with van der Waals surface area (Å²) in [6, 6.07) is 14.5. The summed E-state index contributed by atoms with van der Waals surface area (Å²) in [7, 11) is 0. The molecule has 41 heteroatoms. The molecule has 6 rings (SSSR count). The zero-order valence-electron chi connectivity index (χ0n) is 82.6. The van der Waals surface area contributed by atoms with Crippen LogP contribution >= 0.6 is 0 Å². The summed E-state index contributed by atoms with van der Waals surface area (Å²) in [5, 5.41) is 68.5. The molecule has 0 aliphatic carbocycles. The maximum atomic E-state index is 15.0. The number of phenols is 1. The molecule has 0 bridgehead atoms. The molecule has 0 saturated carbocycles. The van der Waals surface area contributed by atoms with Crippen molar-refractivity contribution in [2.45, 2.75) is 249 Å². The van der Waals surface area contributed by atoms with Gasteiger partial charge in [-0.2, -0.15) is 0 Å². The molecule has 0 radical (unpaired) electrons. The lowest BCUT2D eigenvalue weighted by Crippen LogP contribution is -2.61. The number of carbonyl (C=O) groups is 15. The van der Waals surface area contributed by atoms with Gasteiger partial charge >= 0.3 is 5.97 Å². The number of carbonyl (C=O) groups excluding carboxylic acids is 14. The number of aliphatic hydroxyl groups excluding tert-OH is 2. The first-order chi connectivity index (χ1) is 68.6. The van der Waals surface area contributed by atoms with E-state index in [-0.39, 0.29) is 102 Å². The molecule has 1 saturated heterocycles. The van der Waals surface area contributed by atoms with E-state index < -0.39 is 182 Å². The van der Waals surface area contributed by atoms with Gasteiger partial charge in [-0.25, -0.2) is 4.79 Å². The molecule has 14 amide bonds. The number of aromatic hydroxyl groups is 1. The highest BCUT2D eigenvalue weighted by atomic mass is 16.6. The van der Waals surface area contributed by atoms with Gasteiger partial charge in [-0.15, -0.1) is 0 Å². The first kappa shape index (κ1) is 119. The number of fused-ring (bicyclic) bond motifs is 1. The van der Waals surface area contributed by atoms with Gasteiger partial charge in [0.05, 0.1) is 132 Å². The van der Waals surface area contributed by atoms with Crippen LogP contribution in [0.4, 0.5) is 0 Å². The average molecular weight is 1990 g/mol. The van der Waals surface area contributed by atoms with Gasteiger partial charge in [-0.05, 0) is 84.9 Å². The number of carboxylic acids is 1. The number of aliphatic hydroxyl groups is 2. The summed E-state index contributed by atoms with van der Waals surface area (Å²) in [5.74, 6) is -13.0. The fraction of sp³-hybridized carbons (Fsp3) is 0.614. The molecule has 2 aliphatic rings. The van der Waals surface area contributed by atoms with Crippen molar-refractivity contribution in [3.05, 3.63) is 137 Å². The SMILES string of the molecule is CCCCCCCCCCCCCCCC(=O)NCCOCCOCCOCCOCCOCCOCCOCCOCCC(=O)NCC(=O)NCC(=O)N[C@H](Cc1ccc(O)cc1)C(=O)N[C@@H](Cc1ccccc1)C(=O)N[C@@H](CC(C)C)C(=O)N1CCC[C@H]1C(=O)N[C@H](CO)C(=O)N[C@@H](CCC(N)=O)C(=O)N[C@@H](Cc1ccccc1)C(=O)N[C@H](C)C(=O)N1Cc2ccccc2C[C@H]1C(=O)N[C@@H](CO)C(=O)O. The molecule has 0 spiro atoms. The zero-order chi connectivity index (χ0) is 103. The van der Waals surface area contributed by atoms with Crippen molar-refractivity contribution < 1.29 is 130 Å². The monoisotopic (exact) mass is 1990 g/mol. The van der Waals surface area contributed by atoms with Gasteiger partial charge < -0.3 is 132 Å². The van der Waals surface area contributed by atoms with Gasteiger partial charge in [0.2, 0.25) is 82.7 Å². The van der Waals surface area contributed by atoms with Gasteiger partial charge in [0.25, 0.3) is 0 Å². The number of unbranched alkanes of at least 4 members (excludes halogenated alkanes) is 12. The predicted molar refractivity (Wildman–Crippen MR) is 523 cm³/mol. The molecule has 17 N–H and O–H groups in total. The summed E-state index contributed by atoms with van der Waals surface area (Å²) < 4.78 is 44.3. The Morgan fingerprint density at radius 2 is 0.796 bits per heavy atom. The molecule has 41 nitrogen and oxygen atoms in total. The number of ether oxygens (including phenoxy) is 8. The number of likely N-dealkylation sites (tertiary alicyclic amines) is 1. The van der Waals surface area contributed by atoms with Crippen molar-refractivity contribution in [3.8, 4) is 5.75 Å². The van der Waals surface area contributed by atoms with E-state index in [4.69, 9.17) is 43.6 Å². The Labute approximate surface area is 831 Å². The summed E-state index contributed by atoms with van der Waals surface area (Å²) in [5.41, 5.74) is 8.42. The molecule has 4 aromatic carbocycles. The highest BCUT2D eigenvalue weighted by Crippen LogP contribution is 2.27. The van der Waals surface area contributed by atoms with Crippen LogP contribution in [0.2, 0.25) is 0 Å². The Balaban J connectivity index is 0.897. The van der Waals surface area contributed by atoms with Crippen LogP contribution in [0.15, 0.2) is 109 Å². The van der Waals surface area contributed by atoms with E-state index in [0.717, 1.165) is 17.7 Å². The van der Waals surface area contributed by atoms with Crippen molar-refractivity contribution in [2.75, 3.05) is 145 Å². The van der Waals surface area contributed by atoms with Crippen LogP contribution in [0.5, 0.6) is 5.75 Å². The van der Waals surface area contributed by atoms with Crippen LogP contribution in [0.25, 0.3) is 0 Å². The van der Waals surface area contributed by atoms with Crippen molar-refractivity contribution in [1.82, 2.24) is 68.3 Å². The minimum absolute atomic E-state index is 0.000642. The quantitative estimate of drug-likeness (QED) is 0.0281. The smallest absolute Gasteiger partial charge is 0.328 e. The molecular formula is C101H152N14O27. The molecule has 1 fully saturated rings. The van der Waals surface area contributed by atoms with Gasteiger partial charge in [0.15, 0.2) is 0 Å². The highest BCUT2D eigenvalue weighted by molar-refractivity contribution is 6.00. The van der Waals surface area contributed by atoms with Crippen LogP contribution in [-0.4, -0.2) is 324 Å². The van der Waals surface area contributed by atoms with E-state index in [1.165, 1.54) is 107 Å². The number of hydrogen-bond donors (Lipinski definition) is 16. The van der Waals surface area contributed by atoms with Crippen LogP contribution < -0.4 is 64.2 Å². The first-order valence-corrected chi connectivity index (χ1v) is 49.7. The molecule has 4 aromatic rings. The number of amides is 14. The Kier molecular flexibility index (Phi) is 58.7. The number of nitrogens with two attached hydrogens (primary N) is 1. The maximum Gasteiger partial charge on any atom is 0.328 e. The number of aliphatic carboxylic acids is 1. The summed E-state index contributed by atoms with van der Waals surface area (Å²) in [6.45, 7) is 9.75. The number of nitrogens with zero attached hydrogens (tertiary/aromatic N) is 2. The summed E-state index contributed by atoms with van der Waals surface area (Å²) in [4.78, 5) is 208. The number of phenolic OH excluding ortho intramolecular Hbond substituents is 1. The second-order valence-electron chi connectivity index (χ2n) is 35.5. The summed E-state index contributed by atoms with van der Waals surface area (Å²) >= 11 is 0. The largest absolute Gasteiger partial charge is 0.508 e. The van der Waals surface area contributed by atoms with Gasteiger partial charge in [0, 0.05) is 64.6 Å². The maximum absolute atomic E-state index is 15.0. The highest BCUT2D eigenvalue weighted by Gasteiger charge is 2.43. The standard InChI is InChI=1S/C101H152N14O27/c1-5-6-7-8-9-10-11-12-13-14-15-16-23-34-88(120)103-42-45-136-47-49-138-51-53-140-55-57-142-59-58-141-56-54-139-52-50-137-48-46-135-44-41-89(121)104-65-90(122)105-66-91(123)107-79(63-74-35-37-77(118)38-36-74)94(126)110-81(62-73-29-21-18-22-30-73)95(127)111-82(60-70(2)3)100(132)114-43-26-33-85(114)97(129)112-83(68-116)96(128)108-78(39-40-87(102)119)92(124)109-80(61-72-27-19-17-20-28-72)93(125)106-71(4)99(131)115-67-76-32-25-24-31-75(76)64-86(115)98(130)113-84(69-117)101(133)134/h17-22,24-25,27-32,35-38,70-71,78-86,116-118H,5-16,23,26,33-34,39-69H2,1-4H3,(H2,102,119)(H,103,120)(H,104,121)(H,105,122)(H,106,125)(H,107,123)(H,108,128)(H,109,124)(H,110,126)(H,111,127)(H,112,129)(H,113,130)(H,133,134)/t71-,78+,79-,80+,81+,82+,83-,84+,85+,86+/m1/s1. The van der Waals surface area contributed by atoms with Gasteiger partial charge in [0.1, 0.15) is 66.2 Å². The molecule has 0 unspecified atom stereocenters. The zero-order valence-corrected chi connectivity index (χ0v) is 82.6. The Hall–Kier alpha value is -11.7. The molecule has 10 atom stereocenters. The molecule has 2 aliphatic heterocycles. The third kappa shape index (κ3) is 48.4. The van der Waals surface area contributed by atoms with E-state index in [1.54, 1.807) is 98.8 Å². The lowest BCUT2D eigenvalue weighted by Gasteiger charge is -2.38. The predicted octanol–water partition coefficient (Wildman–Crippen LogP) is 2.00. The number of nitrogens with one attached hydrogen (secondary N) is 11. The average Bonchev–Trinajstić information content (AvgIpc) is 0.933. The molecule has 788 valence electrons. The van der Waals surface area contributed by atoms with Crippen LogP contribution in [0.1, 0.15) is 184 Å². The second kappa shape index (κ2) is 70.1. The van der Waals surface area contributed by atoms with Gasteiger partial charge in [-0.3, -0.25) is 67.1 Å². The molecule has 142 heavy (non-hydrogen) atoms. The van der Waals surface area contributed by atoms with E-state index in [0.29, 0.717) is 127 Å².